The predicted molar refractivity (Wildman–Crippen MR) is 84.7 cm³/mol. The zero-order chi connectivity index (χ0) is 13.9. The van der Waals surface area contributed by atoms with Crippen molar-refractivity contribution < 1.29 is 0 Å². The Morgan fingerprint density at radius 3 is 2.60 bits per heavy atom. The Morgan fingerprint density at radius 1 is 1.10 bits per heavy atom. The highest BCUT2D eigenvalue weighted by Gasteiger charge is 2.33. The van der Waals surface area contributed by atoms with E-state index in [1.807, 2.05) is 0 Å². The number of hydrogen-bond acceptors (Lipinski definition) is 2. The van der Waals surface area contributed by atoms with Crippen molar-refractivity contribution in [2.45, 2.75) is 70.0 Å². The molecule has 1 atom stereocenters. The van der Waals surface area contributed by atoms with Gasteiger partial charge in [0, 0.05) is 18.1 Å². The molecule has 1 aromatic carbocycles. The quantitative estimate of drug-likeness (QED) is 0.906. The summed E-state index contributed by atoms with van der Waals surface area (Å²) in [7, 11) is 0. The Kier molecular flexibility index (Phi) is 4.42. The SMILES string of the molecule is CCCN(C1CCC(N)CC1)C1CCc2ccccc21. The highest BCUT2D eigenvalue weighted by atomic mass is 15.2. The molecule has 0 radical (unpaired) electrons. The van der Waals surface area contributed by atoms with Crippen LogP contribution in [0.25, 0.3) is 0 Å². The number of nitrogens with zero attached hydrogens (tertiary/aromatic N) is 1. The predicted octanol–water partition coefficient (Wildman–Crippen LogP) is 3.66. The molecule has 110 valence electrons. The first-order valence-electron chi connectivity index (χ1n) is 8.38. The third kappa shape index (κ3) is 2.77. The molecule has 1 unspecified atom stereocenters. The Hall–Kier alpha value is -0.860. The molecule has 2 nitrogen and oxygen atoms in total. The molecular formula is C18H28N2. The molecule has 2 heteroatoms. The number of fused-ring (bicyclic) bond motifs is 1. The Morgan fingerprint density at radius 2 is 1.85 bits per heavy atom. The van der Waals surface area contributed by atoms with E-state index >= 15 is 0 Å². The molecule has 2 aliphatic rings. The van der Waals surface area contributed by atoms with E-state index in [0.29, 0.717) is 12.1 Å². The number of hydrogen-bond donors (Lipinski definition) is 1. The lowest BCUT2D eigenvalue weighted by atomic mass is 9.89. The minimum Gasteiger partial charge on any atom is -0.328 e. The number of rotatable bonds is 4. The van der Waals surface area contributed by atoms with Crippen LogP contribution in [0.3, 0.4) is 0 Å². The van der Waals surface area contributed by atoms with Gasteiger partial charge in [0.15, 0.2) is 0 Å². The van der Waals surface area contributed by atoms with Crippen LogP contribution < -0.4 is 5.73 Å². The van der Waals surface area contributed by atoms with Gasteiger partial charge in [0.2, 0.25) is 0 Å². The summed E-state index contributed by atoms with van der Waals surface area (Å²) in [6.45, 7) is 3.54. The summed E-state index contributed by atoms with van der Waals surface area (Å²) in [5.41, 5.74) is 9.25. The zero-order valence-corrected chi connectivity index (χ0v) is 12.7. The van der Waals surface area contributed by atoms with Crippen LogP contribution in [0, 0.1) is 0 Å². The molecule has 2 N–H and O–H groups in total. The number of aryl methyl sites for hydroxylation is 1. The van der Waals surface area contributed by atoms with Crippen LogP contribution in [0.1, 0.15) is 62.6 Å². The molecule has 20 heavy (non-hydrogen) atoms. The van der Waals surface area contributed by atoms with E-state index in [1.54, 1.807) is 11.1 Å². The fourth-order valence-corrected chi connectivity index (χ4v) is 4.16. The van der Waals surface area contributed by atoms with Gasteiger partial charge < -0.3 is 5.73 Å². The van der Waals surface area contributed by atoms with Gasteiger partial charge in [0.25, 0.3) is 0 Å². The fourth-order valence-electron chi connectivity index (χ4n) is 4.16. The van der Waals surface area contributed by atoms with Crippen molar-refractivity contribution in [1.82, 2.24) is 4.90 Å². The summed E-state index contributed by atoms with van der Waals surface area (Å²) in [6, 6.07) is 10.9. The second-order valence-electron chi connectivity index (χ2n) is 6.56. The van der Waals surface area contributed by atoms with Crippen molar-refractivity contribution in [3.05, 3.63) is 35.4 Å². The van der Waals surface area contributed by atoms with Crippen molar-refractivity contribution in [2.24, 2.45) is 5.73 Å². The van der Waals surface area contributed by atoms with Gasteiger partial charge in [0.05, 0.1) is 0 Å². The van der Waals surface area contributed by atoms with Crippen LogP contribution in [0.2, 0.25) is 0 Å². The van der Waals surface area contributed by atoms with Crippen LogP contribution in [0.5, 0.6) is 0 Å². The zero-order valence-electron chi connectivity index (χ0n) is 12.7. The average Bonchev–Trinajstić information content (AvgIpc) is 2.90. The standard InChI is InChI=1S/C18H28N2/c1-2-13-20(16-10-8-15(19)9-11-16)18-12-7-14-5-3-4-6-17(14)18/h3-6,15-16,18H,2,7-13,19H2,1H3. The Bertz CT molecular complexity index is 435. The highest BCUT2D eigenvalue weighted by molar-refractivity contribution is 5.34. The Balaban J connectivity index is 1.78. The lowest BCUT2D eigenvalue weighted by molar-refractivity contribution is 0.0991. The van der Waals surface area contributed by atoms with Gasteiger partial charge in [-0.2, -0.15) is 0 Å². The largest absolute Gasteiger partial charge is 0.328 e. The van der Waals surface area contributed by atoms with E-state index in [9.17, 15) is 0 Å². The molecule has 3 rings (SSSR count). The first kappa shape index (κ1) is 14.1. The minimum absolute atomic E-state index is 0.450. The maximum absolute atomic E-state index is 6.08. The lowest BCUT2D eigenvalue weighted by Gasteiger charge is -2.40. The molecule has 0 aromatic heterocycles. The molecule has 0 heterocycles. The molecule has 0 amide bonds. The van der Waals surface area contributed by atoms with E-state index in [2.05, 4.69) is 36.1 Å². The molecule has 0 saturated heterocycles. The smallest absolute Gasteiger partial charge is 0.0356 e. The van der Waals surface area contributed by atoms with Gasteiger partial charge in [-0.05, 0) is 62.6 Å². The second kappa shape index (κ2) is 6.28. The van der Waals surface area contributed by atoms with Crippen molar-refractivity contribution in [3.63, 3.8) is 0 Å². The van der Waals surface area contributed by atoms with Crippen molar-refractivity contribution in [2.75, 3.05) is 6.54 Å². The topological polar surface area (TPSA) is 29.3 Å². The molecule has 0 spiro atoms. The highest BCUT2D eigenvalue weighted by Crippen LogP contribution is 2.39. The monoisotopic (exact) mass is 272 g/mol. The van der Waals surface area contributed by atoms with E-state index in [-0.39, 0.29) is 0 Å². The molecule has 2 aliphatic carbocycles. The van der Waals surface area contributed by atoms with Gasteiger partial charge in [-0.25, -0.2) is 0 Å². The molecule has 1 aromatic rings. The van der Waals surface area contributed by atoms with Crippen LogP contribution in [0.4, 0.5) is 0 Å². The van der Waals surface area contributed by atoms with E-state index in [0.717, 1.165) is 6.04 Å². The van der Waals surface area contributed by atoms with Crippen molar-refractivity contribution in [1.29, 1.82) is 0 Å². The van der Waals surface area contributed by atoms with Gasteiger partial charge in [0.1, 0.15) is 0 Å². The third-order valence-corrected chi connectivity index (χ3v) is 5.19. The summed E-state index contributed by atoms with van der Waals surface area (Å²) in [4.78, 5) is 2.80. The first-order chi connectivity index (χ1) is 9.79. The summed E-state index contributed by atoms with van der Waals surface area (Å²) in [5.74, 6) is 0. The second-order valence-corrected chi connectivity index (χ2v) is 6.56. The van der Waals surface area contributed by atoms with Crippen LogP contribution >= 0.6 is 0 Å². The first-order valence-corrected chi connectivity index (χ1v) is 8.38. The minimum atomic E-state index is 0.450. The number of benzene rings is 1. The third-order valence-electron chi connectivity index (χ3n) is 5.19. The summed E-state index contributed by atoms with van der Waals surface area (Å²) in [5, 5.41) is 0. The maximum Gasteiger partial charge on any atom is 0.0356 e. The lowest BCUT2D eigenvalue weighted by Crippen LogP contribution is -2.42. The van der Waals surface area contributed by atoms with Gasteiger partial charge in [-0.1, -0.05) is 31.2 Å². The molecule has 0 bridgehead atoms. The Labute approximate surface area is 123 Å². The normalized spacial score (nSPS) is 29.6. The molecular weight excluding hydrogens is 244 g/mol. The number of nitrogens with two attached hydrogens (primary N) is 1. The molecule has 0 aliphatic heterocycles. The summed E-state index contributed by atoms with van der Waals surface area (Å²) < 4.78 is 0. The van der Waals surface area contributed by atoms with Crippen LogP contribution in [-0.2, 0) is 6.42 Å². The van der Waals surface area contributed by atoms with Crippen LogP contribution in [-0.4, -0.2) is 23.5 Å². The van der Waals surface area contributed by atoms with E-state index < -0.39 is 0 Å². The summed E-state index contributed by atoms with van der Waals surface area (Å²) in [6.07, 6.45) is 8.81. The van der Waals surface area contributed by atoms with E-state index in [1.165, 1.54) is 51.5 Å². The maximum atomic E-state index is 6.08. The molecule has 1 fully saturated rings. The van der Waals surface area contributed by atoms with Gasteiger partial charge in [-0.3, -0.25) is 4.90 Å². The van der Waals surface area contributed by atoms with Gasteiger partial charge >= 0.3 is 0 Å². The van der Waals surface area contributed by atoms with Crippen molar-refractivity contribution in [3.8, 4) is 0 Å². The summed E-state index contributed by atoms with van der Waals surface area (Å²) >= 11 is 0. The van der Waals surface area contributed by atoms with Crippen molar-refractivity contribution >= 4 is 0 Å². The molecule has 1 saturated carbocycles. The average molecular weight is 272 g/mol. The van der Waals surface area contributed by atoms with E-state index in [4.69, 9.17) is 5.73 Å². The van der Waals surface area contributed by atoms with Gasteiger partial charge in [-0.15, -0.1) is 0 Å². The fraction of sp³-hybridized carbons (Fsp3) is 0.667. The van der Waals surface area contributed by atoms with Crippen LogP contribution in [0.15, 0.2) is 24.3 Å².